The molecule has 2 aromatic rings. The number of sulfonamides is 1. The fraction of sp³-hybridized carbons (Fsp3) is 0.409. The Hall–Kier alpha value is -2.63. The molecule has 11 heteroatoms. The number of unbranched alkanes of at least 4 members (excludes halogenated alkanes) is 1. The van der Waals surface area contributed by atoms with Crippen molar-refractivity contribution in [3.05, 3.63) is 53.1 Å². The third-order valence-corrected chi connectivity index (χ3v) is 6.07. The van der Waals surface area contributed by atoms with Crippen molar-refractivity contribution in [1.82, 2.24) is 5.32 Å². The zero-order valence-electron chi connectivity index (χ0n) is 17.8. The smallest absolute Gasteiger partial charge is 0.492 e. The van der Waals surface area contributed by atoms with Crippen molar-refractivity contribution in [1.29, 1.82) is 0 Å². The molecule has 7 nitrogen and oxygen atoms in total. The van der Waals surface area contributed by atoms with Crippen LogP contribution in [-0.2, 0) is 22.9 Å². The molecule has 3 rings (SSSR count). The minimum Gasteiger partial charge on any atom is -0.492 e. The van der Waals surface area contributed by atoms with Crippen LogP contribution in [0.15, 0.2) is 41.3 Å². The van der Waals surface area contributed by atoms with Crippen LogP contribution in [0.1, 0.15) is 40.7 Å². The summed E-state index contributed by atoms with van der Waals surface area (Å²) in [5.74, 6) is -0.177. The fourth-order valence-electron chi connectivity index (χ4n) is 3.61. The number of hydrogen-bond donors (Lipinski definition) is 2. The number of benzene rings is 2. The molecule has 1 heterocycles. The standard InChI is InChI=1S/C22H25F3N2O5S/c23-22(24,25)32-19-7-2-1-5-15(19)8-11-27-10-4-3-6-18(28)17-13-16-9-12-31-21(16)20(14-17)33(26,29)30/h1-2,5,7,13-14,27H,3-4,6,8-12H2,(H2,26,29,30). The van der Waals surface area contributed by atoms with Crippen LogP contribution in [0.25, 0.3) is 0 Å². The van der Waals surface area contributed by atoms with E-state index >= 15 is 0 Å². The van der Waals surface area contributed by atoms with Crippen LogP contribution in [0.4, 0.5) is 13.2 Å². The highest BCUT2D eigenvalue weighted by atomic mass is 32.2. The van der Waals surface area contributed by atoms with Gasteiger partial charge in [0.2, 0.25) is 10.0 Å². The van der Waals surface area contributed by atoms with Crippen molar-refractivity contribution in [3.8, 4) is 11.5 Å². The maximum Gasteiger partial charge on any atom is 0.573 e. The lowest BCUT2D eigenvalue weighted by Crippen LogP contribution is -2.21. The Balaban J connectivity index is 1.43. The summed E-state index contributed by atoms with van der Waals surface area (Å²) in [7, 11) is -4.01. The highest BCUT2D eigenvalue weighted by Crippen LogP contribution is 2.34. The van der Waals surface area contributed by atoms with E-state index in [0.29, 0.717) is 56.5 Å². The Morgan fingerprint density at radius 2 is 1.91 bits per heavy atom. The van der Waals surface area contributed by atoms with Crippen molar-refractivity contribution in [2.24, 2.45) is 5.14 Å². The molecule has 180 valence electrons. The van der Waals surface area contributed by atoms with Gasteiger partial charge in [-0.25, -0.2) is 13.6 Å². The van der Waals surface area contributed by atoms with Gasteiger partial charge in [-0.3, -0.25) is 4.79 Å². The third-order valence-electron chi connectivity index (χ3n) is 5.15. The van der Waals surface area contributed by atoms with E-state index in [0.717, 1.165) is 0 Å². The second-order valence-corrected chi connectivity index (χ2v) is 9.17. The number of nitrogens with one attached hydrogen (secondary N) is 1. The van der Waals surface area contributed by atoms with E-state index in [9.17, 15) is 26.4 Å². The average molecular weight is 487 g/mol. The normalized spacial score (nSPS) is 13.5. The first kappa shape index (κ1) is 25.0. The van der Waals surface area contributed by atoms with Gasteiger partial charge in [0.1, 0.15) is 16.4 Å². The molecule has 0 saturated carbocycles. The molecular formula is C22H25F3N2O5S. The molecule has 0 amide bonds. The Bertz CT molecular complexity index is 1100. The molecule has 0 atom stereocenters. The lowest BCUT2D eigenvalue weighted by molar-refractivity contribution is -0.274. The van der Waals surface area contributed by atoms with Crippen LogP contribution in [0.2, 0.25) is 0 Å². The maximum atomic E-state index is 12.5. The highest BCUT2D eigenvalue weighted by molar-refractivity contribution is 7.89. The van der Waals surface area contributed by atoms with Gasteiger partial charge in [-0.2, -0.15) is 0 Å². The van der Waals surface area contributed by atoms with Crippen LogP contribution in [0.3, 0.4) is 0 Å². The first-order valence-electron chi connectivity index (χ1n) is 10.4. The molecular weight excluding hydrogens is 461 g/mol. The Labute approximate surface area is 190 Å². The molecule has 1 aliphatic rings. The number of fused-ring (bicyclic) bond motifs is 1. The molecule has 0 radical (unpaired) electrons. The monoisotopic (exact) mass is 486 g/mol. The summed E-state index contributed by atoms with van der Waals surface area (Å²) in [6.07, 6.45) is -2.40. The van der Waals surface area contributed by atoms with Crippen LogP contribution >= 0.6 is 0 Å². The number of alkyl halides is 3. The van der Waals surface area contributed by atoms with Crippen molar-refractivity contribution in [2.75, 3.05) is 19.7 Å². The summed E-state index contributed by atoms with van der Waals surface area (Å²) >= 11 is 0. The highest BCUT2D eigenvalue weighted by Gasteiger charge is 2.32. The lowest BCUT2D eigenvalue weighted by atomic mass is 10.0. The van der Waals surface area contributed by atoms with Gasteiger partial charge in [0.05, 0.1) is 6.61 Å². The molecule has 0 fully saturated rings. The molecule has 0 unspecified atom stereocenters. The topological polar surface area (TPSA) is 108 Å². The summed E-state index contributed by atoms with van der Waals surface area (Å²) in [4.78, 5) is 12.4. The van der Waals surface area contributed by atoms with Crippen molar-refractivity contribution >= 4 is 15.8 Å². The maximum absolute atomic E-state index is 12.5. The van der Waals surface area contributed by atoms with E-state index in [4.69, 9.17) is 9.88 Å². The van der Waals surface area contributed by atoms with E-state index < -0.39 is 16.4 Å². The number of halogens is 3. The molecule has 33 heavy (non-hydrogen) atoms. The molecule has 0 spiro atoms. The van der Waals surface area contributed by atoms with Gasteiger partial charge < -0.3 is 14.8 Å². The second kappa shape index (κ2) is 10.5. The molecule has 0 bridgehead atoms. The van der Waals surface area contributed by atoms with Crippen LogP contribution < -0.4 is 19.9 Å². The summed E-state index contributed by atoms with van der Waals surface area (Å²) in [6, 6.07) is 8.91. The van der Waals surface area contributed by atoms with Gasteiger partial charge in [0.15, 0.2) is 5.78 Å². The average Bonchev–Trinajstić information content (AvgIpc) is 3.20. The van der Waals surface area contributed by atoms with Crippen LogP contribution in [0, 0.1) is 0 Å². The van der Waals surface area contributed by atoms with E-state index in [2.05, 4.69) is 10.1 Å². The summed E-state index contributed by atoms with van der Waals surface area (Å²) in [5, 5.41) is 8.40. The zero-order chi connectivity index (χ0) is 24.1. The first-order valence-corrected chi connectivity index (χ1v) is 12.0. The predicted octanol–water partition coefficient (Wildman–Crippen LogP) is 3.35. The molecule has 0 aromatic heterocycles. The third kappa shape index (κ3) is 7.18. The van der Waals surface area contributed by atoms with E-state index in [-0.39, 0.29) is 34.2 Å². The number of ketones is 1. The van der Waals surface area contributed by atoms with Gasteiger partial charge in [0, 0.05) is 18.4 Å². The molecule has 0 saturated heterocycles. The number of hydrogen-bond acceptors (Lipinski definition) is 6. The second-order valence-electron chi connectivity index (χ2n) is 7.64. The Morgan fingerprint density at radius 1 is 1.15 bits per heavy atom. The zero-order valence-corrected chi connectivity index (χ0v) is 18.6. The van der Waals surface area contributed by atoms with Crippen LogP contribution in [0.5, 0.6) is 11.5 Å². The first-order chi connectivity index (χ1) is 15.5. The number of ether oxygens (including phenoxy) is 2. The SMILES string of the molecule is NS(=O)(=O)c1cc(C(=O)CCCCNCCc2ccccc2OC(F)(F)F)cc2c1OCC2. The lowest BCUT2D eigenvalue weighted by Gasteiger charge is -2.13. The number of nitrogens with two attached hydrogens (primary N) is 1. The predicted molar refractivity (Wildman–Crippen MR) is 115 cm³/mol. The molecule has 1 aliphatic heterocycles. The number of carbonyl (C=O) groups is 1. The summed E-state index contributed by atoms with van der Waals surface area (Å²) in [5.41, 5.74) is 1.39. The van der Waals surface area contributed by atoms with Crippen LogP contribution in [-0.4, -0.2) is 40.3 Å². The Kier molecular flexibility index (Phi) is 7.98. The van der Waals surface area contributed by atoms with Gasteiger partial charge >= 0.3 is 6.36 Å². The number of para-hydroxylation sites is 1. The molecule has 2 aromatic carbocycles. The minimum atomic E-state index is -4.74. The van der Waals surface area contributed by atoms with Gasteiger partial charge in [-0.1, -0.05) is 18.2 Å². The molecule has 3 N–H and O–H groups in total. The summed E-state index contributed by atoms with van der Waals surface area (Å²) < 4.78 is 70.5. The number of carbonyl (C=O) groups excluding carboxylic acids is 1. The molecule has 0 aliphatic carbocycles. The van der Waals surface area contributed by atoms with E-state index in [1.807, 2.05) is 0 Å². The quantitative estimate of drug-likeness (QED) is 0.373. The van der Waals surface area contributed by atoms with Crippen molar-refractivity contribution in [3.63, 3.8) is 0 Å². The fourth-order valence-corrected chi connectivity index (χ4v) is 4.35. The number of Topliss-reactive ketones (excluding diaryl/α,β-unsaturated/α-hetero) is 1. The Morgan fingerprint density at radius 3 is 2.64 bits per heavy atom. The summed E-state index contributed by atoms with van der Waals surface area (Å²) in [6.45, 7) is 1.37. The van der Waals surface area contributed by atoms with E-state index in [1.165, 1.54) is 18.2 Å². The van der Waals surface area contributed by atoms with Gasteiger partial charge in [-0.15, -0.1) is 13.2 Å². The largest absolute Gasteiger partial charge is 0.573 e. The van der Waals surface area contributed by atoms with Gasteiger partial charge in [0.25, 0.3) is 0 Å². The number of rotatable bonds is 11. The van der Waals surface area contributed by atoms with Crippen molar-refractivity contribution < 1.29 is 35.9 Å². The minimum absolute atomic E-state index is 0.169. The van der Waals surface area contributed by atoms with E-state index in [1.54, 1.807) is 18.2 Å². The van der Waals surface area contributed by atoms with Crippen molar-refractivity contribution in [2.45, 2.75) is 43.4 Å². The van der Waals surface area contributed by atoms with Gasteiger partial charge in [-0.05, 0) is 61.7 Å². The number of primary sulfonamides is 1.